The van der Waals surface area contributed by atoms with Crippen molar-refractivity contribution in [3.8, 4) is 5.75 Å². The number of dihydropyridines is 1. The Kier molecular flexibility index (Phi) is 5.98. The first-order valence-corrected chi connectivity index (χ1v) is 7.86. The number of hydrogen-bond acceptors (Lipinski definition) is 5. The maximum Gasteiger partial charge on any atom is 0.337 e. The number of nitrogens with one attached hydrogen (secondary N) is 1. The standard InChI is InChI=1S/C17H19ClN2O4/c1-3-24-16(22)17(9-13(18)10-19-11-17)20-15(21)8-12-5-4-6-14(7-12)23-2/h4-7,9-10H,3,8,11H2,1-2H3,(H,20,21). The summed E-state index contributed by atoms with van der Waals surface area (Å²) in [7, 11) is 1.56. The third kappa shape index (κ3) is 4.35. The van der Waals surface area contributed by atoms with Crippen LogP contribution in [-0.2, 0) is 20.7 Å². The summed E-state index contributed by atoms with van der Waals surface area (Å²) in [5.74, 6) is -0.265. The summed E-state index contributed by atoms with van der Waals surface area (Å²) >= 11 is 5.96. The van der Waals surface area contributed by atoms with E-state index in [2.05, 4.69) is 10.3 Å². The van der Waals surface area contributed by atoms with Gasteiger partial charge in [0.2, 0.25) is 5.91 Å². The normalized spacial score (nSPS) is 19.4. The summed E-state index contributed by atoms with van der Waals surface area (Å²) in [5, 5.41) is 2.98. The highest BCUT2D eigenvalue weighted by Crippen LogP contribution is 2.20. The van der Waals surface area contributed by atoms with Gasteiger partial charge in [-0.05, 0) is 30.7 Å². The van der Waals surface area contributed by atoms with E-state index in [0.29, 0.717) is 5.75 Å². The average molecular weight is 351 g/mol. The highest BCUT2D eigenvalue weighted by atomic mass is 35.5. The van der Waals surface area contributed by atoms with Crippen molar-refractivity contribution in [2.24, 2.45) is 4.99 Å². The van der Waals surface area contributed by atoms with E-state index in [-0.39, 0.29) is 30.5 Å². The summed E-state index contributed by atoms with van der Waals surface area (Å²) in [6, 6.07) is 7.16. The molecule has 1 aliphatic rings. The second kappa shape index (κ2) is 7.97. The van der Waals surface area contributed by atoms with Gasteiger partial charge in [-0.3, -0.25) is 9.79 Å². The smallest absolute Gasteiger partial charge is 0.337 e. The minimum absolute atomic E-state index is 0.0475. The number of nitrogens with zero attached hydrogens (tertiary/aromatic N) is 1. The summed E-state index contributed by atoms with van der Waals surface area (Å²) in [4.78, 5) is 28.8. The lowest BCUT2D eigenvalue weighted by molar-refractivity contribution is -0.150. The van der Waals surface area contributed by atoms with Crippen molar-refractivity contribution in [2.75, 3.05) is 20.3 Å². The molecule has 1 atom stereocenters. The number of esters is 1. The monoisotopic (exact) mass is 350 g/mol. The van der Waals surface area contributed by atoms with Crippen molar-refractivity contribution in [3.63, 3.8) is 0 Å². The number of carbonyl (C=O) groups excluding carboxylic acids is 2. The molecule has 1 amide bonds. The Bertz CT molecular complexity index is 687. The molecule has 0 fully saturated rings. The lowest BCUT2D eigenvalue weighted by Gasteiger charge is -2.29. The SMILES string of the molecule is CCOC(=O)C1(NC(=O)Cc2cccc(OC)c2)C=C(Cl)C=NC1. The number of rotatable bonds is 6. The van der Waals surface area contributed by atoms with Gasteiger partial charge < -0.3 is 14.8 Å². The van der Waals surface area contributed by atoms with Crippen LogP contribution < -0.4 is 10.1 Å². The van der Waals surface area contributed by atoms with Gasteiger partial charge in [0.15, 0.2) is 5.54 Å². The van der Waals surface area contributed by atoms with Gasteiger partial charge >= 0.3 is 5.97 Å². The maximum atomic E-state index is 12.4. The van der Waals surface area contributed by atoms with Crippen LogP contribution in [-0.4, -0.2) is 43.9 Å². The van der Waals surface area contributed by atoms with E-state index in [0.717, 1.165) is 5.56 Å². The van der Waals surface area contributed by atoms with Crippen LogP contribution in [0.5, 0.6) is 5.75 Å². The molecule has 0 radical (unpaired) electrons. The zero-order chi connectivity index (χ0) is 17.6. The Balaban J connectivity index is 2.15. The van der Waals surface area contributed by atoms with Crippen LogP contribution in [0.15, 0.2) is 40.4 Å². The lowest BCUT2D eigenvalue weighted by Crippen LogP contribution is -2.57. The van der Waals surface area contributed by atoms with Crippen molar-refractivity contribution >= 4 is 29.7 Å². The van der Waals surface area contributed by atoms with Crippen LogP contribution in [0.3, 0.4) is 0 Å². The molecule has 0 aromatic heterocycles. The Morgan fingerprint density at radius 1 is 1.42 bits per heavy atom. The molecule has 1 heterocycles. The van der Waals surface area contributed by atoms with E-state index in [1.54, 1.807) is 38.3 Å². The van der Waals surface area contributed by atoms with Crippen LogP contribution in [0.2, 0.25) is 0 Å². The highest BCUT2D eigenvalue weighted by Gasteiger charge is 2.41. The minimum Gasteiger partial charge on any atom is -0.497 e. The Morgan fingerprint density at radius 3 is 2.88 bits per heavy atom. The number of methoxy groups -OCH3 is 1. The number of aliphatic imine (C=N–C) groups is 1. The topological polar surface area (TPSA) is 77.0 Å². The molecule has 24 heavy (non-hydrogen) atoms. The fourth-order valence-electron chi connectivity index (χ4n) is 2.37. The largest absolute Gasteiger partial charge is 0.497 e. The number of allylic oxidation sites excluding steroid dienone is 1. The highest BCUT2D eigenvalue weighted by molar-refractivity contribution is 6.39. The Labute approximate surface area is 145 Å². The number of hydrogen-bond donors (Lipinski definition) is 1. The van der Waals surface area contributed by atoms with E-state index in [9.17, 15) is 9.59 Å². The molecule has 7 heteroatoms. The predicted molar refractivity (Wildman–Crippen MR) is 91.5 cm³/mol. The van der Waals surface area contributed by atoms with Gasteiger partial charge in [0.05, 0.1) is 31.7 Å². The van der Waals surface area contributed by atoms with Gasteiger partial charge in [-0.15, -0.1) is 0 Å². The molecule has 128 valence electrons. The summed E-state index contributed by atoms with van der Waals surface area (Å²) < 4.78 is 10.2. The first-order valence-electron chi connectivity index (χ1n) is 7.48. The molecule has 1 aliphatic heterocycles. The number of benzene rings is 1. The number of ether oxygens (including phenoxy) is 2. The molecule has 0 saturated carbocycles. The third-order valence-corrected chi connectivity index (χ3v) is 3.65. The quantitative estimate of drug-likeness (QED) is 0.794. The van der Waals surface area contributed by atoms with Gasteiger partial charge in [-0.2, -0.15) is 0 Å². The average Bonchev–Trinajstić information content (AvgIpc) is 2.55. The summed E-state index contributed by atoms with van der Waals surface area (Å²) in [5.41, 5.74) is -0.613. The van der Waals surface area contributed by atoms with Crippen LogP contribution in [0.4, 0.5) is 0 Å². The number of halogens is 1. The van der Waals surface area contributed by atoms with Gasteiger partial charge in [0.25, 0.3) is 0 Å². The van der Waals surface area contributed by atoms with Crippen LogP contribution in [0.25, 0.3) is 0 Å². The molecule has 1 unspecified atom stereocenters. The molecular formula is C17H19ClN2O4. The Morgan fingerprint density at radius 2 is 2.21 bits per heavy atom. The van der Waals surface area contributed by atoms with Gasteiger partial charge in [0, 0.05) is 6.21 Å². The second-order valence-electron chi connectivity index (χ2n) is 5.27. The molecule has 0 bridgehead atoms. The van der Waals surface area contributed by atoms with E-state index < -0.39 is 11.5 Å². The fourth-order valence-corrected chi connectivity index (χ4v) is 2.62. The van der Waals surface area contributed by atoms with Gasteiger partial charge in [-0.1, -0.05) is 23.7 Å². The molecule has 1 aromatic rings. The van der Waals surface area contributed by atoms with Crippen molar-refractivity contribution in [1.82, 2.24) is 5.32 Å². The molecule has 1 N–H and O–H groups in total. The fraction of sp³-hybridized carbons (Fsp3) is 0.353. The molecule has 1 aromatic carbocycles. The minimum atomic E-state index is -1.38. The van der Waals surface area contributed by atoms with E-state index >= 15 is 0 Å². The van der Waals surface area contributed by atoms with Crippen molar-refractivity contribution in [3.05, 3.63) is 40.9 Å². The van der Waals surface area contributed by atoms with Crippen LogP contribution in [0, 0.1) is 0 Å². The molecular weight excluding hydrogens is 332 g/mol. The van der Waals surface area contributed by atoms with E-state index in [1.807, 2.05) is 0 Å². The summed E-state index contributed by atoms with van der Waals surface area (Å²) in [6.45, 7) is 1.94. The number of amides is 1. The predicted octanol–water partition coefficient (Wildman–Crippen LogP) is 1.86. The molecule has 6 nitrogen and oxygen atoms in total. The number of carbonyl (C=O) groups is 2. The third-order valence-electron chi connectivity index (χ3n) is 3.44. The van der Waals surface area contributed by atoms with Crippen molar-refractivity contribution in [2.45, 2.75) is 18.9 Å². The molecule has 0 saturated heterocycles. The maximum absolute atomic E-state index is 12.4. The Hall–Kier alpha value is -2.34. The van der Waals surface area contributed by atoms with Gasteiger partial charge in [0.1, 0.15) is 5.75 Å². The van der Waals surface area contributed by atoms with Gasteiger partial charge in [-0.25, -0.2) is 4.79 Å². The zero-order valence-corrected chi connectivity index (χ0v) is 14.3. The molecule has 2 rings (SSSR count). The zero-order valence-electron chi connectivity index (χ0n) is 13.5. The van der Waals surface area contributed by atoms with Crippen LogP contribution >= 0.6 is 11.6 Å². The second-order valence-corrected chi connectivity index (χ2v) is 5.70. The first-order chi connectivity index (χ1) is 11.5. The van der Waals surface area contributed by atoms with Crippen molar-refractivity contribution < 1.29 is 19.1 Å². The van der Waals surface area contributed by atoms with E-state index in [1.165, 1.54) is 12.3 Å². The lowest BCUT2D eigenvalue weighted by atomic mass is 9.96. The molecule has 0 aliphatic carbocycles. The van der Waals surface area contributed by atoms with E-state index in [4.69, 9.17) is 21.1 Å². The van der Waals surface area contributed by atoms with Crippen molar-refractivity contribution in [1.29, 1.82) is 0 Å². The summed E-state index contributed by atoms with van der Waals surface area (Å²) in [6.07, 6.45) is 2.99. The first kappa shape index (κ1) is 18.0. The van der Waals surface area contributed by atoms with Crippen LogP contribution in [0.1, 0.15) is 12.5 Å². The molecule has 0 spiro atoms.